The van der Waals surface area contributed by atoms with Gasteiger partial charge in [0, 0.05) is 6.54 Å². The molecule has 0 radical (unpaired) electrons. The fourth-order valence-corrected chi connectivity index (χ4v) is 1.87. The fourth-order valence-electron chi connectivity index (χ4n) is 1.87. The number of nitrogens with one attached hydrogen (secondary N) is 1. The Morgan fingerprint density at radius 1 is 1.16 bits per heavy atom. The number of nitrogens with zero attached hydrogens (tertiary/aromatic N) is 3. The molecule has 0 aliphatic heterocycles. The smallest absolute Gasteiger partial charge is 0.166 e. The Morgan fingerprint density at radius 2 is 1.84 bits per heavy atom. The summed E-state index contributed by atoms with van der Waals surface area (Å²) in [5, 5.41) is 21.1. The van der Waals surface area contributed by atoms with E-state index < -0.39 is 0 Å². The number of aromatic nitrogens is 2. The van der Waals surface area contributed by atoms with Gasteiger partial charge in [-0.15, -0.1) is 5.10 Å². The lowest BCUT2D eigenvalue weighted by atomic mass is 9.90. The van der Waals surface area contributed by atoms with Gasteiger partial charge in [-0.2, -0.15) is 10.4 Å². The molecule has 0 bridgehead atoms. The molecule has 0 aromatic carbocycles. The number of rotatable bonds is 6. The first-order valence-corrected chi connectivity index (χ1v) is 7.01. The minimum atomic E-state index is 0.185. The molecule has 0 spiro atoms. The van der Waals surface area contributed by atoms with Crippen molar-refractivity contribution >= 4 is 5.82 Å². The van der Waals surface area contributed by atoms with Crippen molar-refractivity contribution in [3.8, 4) is 6.07 Å². The molecule has 4 nitrogen and oxygen atoms in total. The van der Waals surface area contributed by atoms with Crippen LogP contribution in [0.15, 0.2) is 0 Å². The van der Waals surface area contributed by atoms with E-state index in [2.05, 4.69) is 49.3 Å². The van der Waals surface area contributed by atoms with Crippen LogP contribution in [-0.2, 0) is 12.8 Å². The Morgan fingerprint density at radius 3 is 2.32 bits per heavy atom. The van der Waals surface area contributed by atoms with Gasteiger partial charge >= 0.3 is 0 Å². The van der Waals surface area contributed by atoms with E-state index in [4.69, 9.17) is 0 Å². The van der Waals surface area contributed by atoms with Crippen molar-refractivity contribution in [2.24, 2.45) is 5.41 Å². The molecule has 0 aliphatic carbocycles. The molecule has 0 fully saturated rings. The van der Waals surface area contributed by atoms with E-state index in [-0.39, 0.29) is 5.41 Å². The van der Waals surface area contributed by atoms with Crippen LogP contribution in [0.2, 0.25) is 0 Å². The number of hydrogen-bond donors (Lipinski definition) is 1. The average molecular weight is 260 g/mol. The van der Waals surface area contributed by atoms with Gasteiger partial charge in [0.2, 0.25) is 0 Å². The first kappa shape index (κ1) is 15.4. The summed E-state index contributed by atoms with van der Waals surface area (Å²) in [5.41, 5.74) is 2.79. The summed E-state index contributed by atoms with van der Waals surface area (Å²) in [4.78, 5) is 0. The summed E-state index contributed by atoms with van der Waals surface area (Å²) in [7, 11) is 0. The third-order valence-corrected chi connectivity index (χ3v) is 3.65. The molecule has 0 atom stereocenters. The molecule has 104 valence electrons. The number of nitriles is 1. The standard InChI is InChI=1S/C15H24N4/c1-6-11-12(9-16)14(19-18-13(11)7-2)17-10-15(4,5)8-3/h6-8,10H2,1-5H3,(H,17,19). The molecule has 1 rings (SSSR count). The summed E-state index contributed by atoms with van der Waals surface area (Å²) in [6, 6.07) is 2.28. The summed E-state index contributed by atoms with van der Waals surface area (Å²) < 4.78 is 0. The molecule has 1 heterocycles. The van der Waals surface area contributed by atoms with Crippen molar-refractivity contribution in [2.45, 2.75) is 53.9 Å². The van der Waals surface area contributed by atoms with E-state index >= 15 is 0 Å². The highest BCUT2D eigenvalue weighted by atomic mass is 15.2. The van der Waals surface area contributed by atoms with Crippen molar-refractivity contribution < 1.29 is 0 Å². The summed E-state index contributed by atoms with van der Waals surface area (Å²) in [6.45, 7) is 11.4. The molecule has 0 saturated heterocycles. The van der Waals surface area contributed by atoms with Crippen molar-refractivity contribution in [2.75, 3.05) is 11.9 Å². The van der Waals surface area contributed by atoms with Gasteiger partial charge in [0.25, 0.3) is 0 Å². The molecule has 0 amide bonds. The Balaban J connectivity index is 3.06. The molecule has 0 unspecified atom stereocenters. The quantitative estimate of drug-likeness (QED) is 0.852. The highest BCUT2D eigenvalue weighted by Gasteiger charge is 2.18. The minimum Gasteiger partial charge on any atom is -0.367 e. The van der Waals surface area contributed by atoms with Crippen LogP contribution in [0.1, 0.15) is 57.9 Å². The summed E-state index contributed by atoms with van der Waals surface area (Å²) in [5.74, 6) is 0.623. The molecule has 1 N–H and O–H groups in total. The van der Waals surface area contributed by atoms with Crippen LogP contribution < -0.4 is 5.32 Å². The van der Waals surface area contributed by atoms with E-state index in [1.807, 2.05) is 6.92 Å². The molecular formula is C15H24N4. The lowest BCUT2D eigenvalue weighted by Gasteiger charge is -2.23. The zero-order valence-corrected chi connectivity index (χ0v) is 12.7. The van der Waals surface area contributed by atoms with Crippen LogP contribution >= 0.6 is 0 Å². The minimum absolute atomic E-state index is 0.185. The Labute approximate surface area is 116 Å². The van der Waals surface area contributed by atoms with Crippen LogP contribution in [-0.4, -0.2) is 16.7 Å². The zero-order valence-electron chi connectivity index (χ0n) is 12.7. The van der Waals surface area contributed by atoms with Gasteiger partial charge in [-0.05, 0) is 30.2 Å². The molecule has 4 heteroatoms. The third-order valence-electron chi connectivity index (χ3n) is 3.65. The van der Waals surface area contributed by atoms with E-state index in [0.29, 0.717) is 11.4 Å². The van der Waals surface area contributed by atoms with Gasteiger partial charge in [0.1, 0.15) is 11.6 Å². The van der Waals surface area contributed by atoms with E-state index in [1.54, 1.807) is 0 Å². The molecule has 0 aliphatic rings. The molecular weight excluding hydrogens is 236 g/mol. The molecule has 1 aromatic rings. The maximum Gasteiger partial charge on any atom is 0.166 e. The Kier molecular flexibility index (Phi) is 5.29. The lowest BCUT2D eigenvalue weighted by Crippen LogP contribution is -2.23. The van der Waals surface area contributed by atoms with Crippen LogP contribution in [0.25, 0.3) is 0 Å². The van der Waals surface area contributed by atoms with Gasteiger partial charge in [-0.25, -0.2) is 0 Å². The number of anilines is 1. The first-order chi connectivity index (χ1) is 8.99. The second-order valence-corrected chi connectivity index (χ2v) is 5.54. The van der Waals surface area contributed by atoms with Crippen LogP contribution in [0.5, 0.6) is 0 Å². The topological polar surface area (TPSA) is 61.6 Å². The first-order valence-electron chi connectivity index (χ1n) is 7.01. The Hall–Kier alpha value is -1.63. The third kappa shape index (κ3) is 3.66. The van der Waals surface area contributed by atoms with Gasteiger partial charge in [-0.3, -0.25) is 0 Å². The van der Waals surface area contributed by atoms with Crippen molar-refractivity contribution in [3.05, 3.63) is 16.8 Å². The molecule has 0 saturated carbocycles. The fraction of sp³-hybridized carbons (Fsp3) is 0.667. The van der Waals surface area contributed by atoms with E-state index in [1.165, 1.54) is 0 Å². The normalized spacial score (nSPS) is 11.2. The van der Waals surface area contributed by atoms with Crippen LogP contribution in [0, 0.1) is 16.7 Å². The second kappa shape index (κ2) is 6.51. The highest BCUT2D eigenvalue weighted by Crippen LogP contribution is 2.23. The summed E-state index contributed by atoms with van der Waals surface area (Å²) >= 11 is 0. The SMILES string of the molecule is CCc1nnc(NCC(C)(C)CC)c(C#N)c1CC. The van der Waals surface area contributed by atoms with Gasteiger partial charge in [-0.1, -0.05) is 34.6 Å². The van der Waals surface area contributed by atoms with Gasteiger partial charge < -0.3 is 5.32 Å². The maximum absolute atomic E-state index is 9.38. The van der Waals surface area contributed by atoms with E-state index in [9.17, 15) is 5.26 Å². The van der Waals surface area contributed by atoms with Crippen LogP contribution in [0.3, 0.4) is 0 Å². The summed E-state index contributed by atoms with van der Waals surface area (Å²) in [6.07, 6.45) is 2.70. The zero-order chi connectivity index (χ0) is 14.5. The highest BCUT2D eigenvalue weighted by molar-refractivity contribution is 5.56. The van der Waals surface area contributed by atoms with E-state index in [0.717, 1.165) is 37.1 Å². The van der Waals surface area contributed by atoms with Crippen LogP contribution in [0.4, 0.5) is 5.82 Å². The molecule has 1 aromatic heterocycles. The predicted molar refractivity (Wildman–Crippen MR) is 78.1 cm³/mol. The molecule has 19 heavy (non-hydrogen) atoms. The maximum atomic E-state index is 9.38. The number of aryl methyl sites for hydroxylation is 1. The predicted octanol–water partition coefficient (Wildman–Crippen LogP) is 3.32. The van der Waals surface area contributed by atoms with Crippen molar-refractivity contribution in [1.29, 1.82) is 5.26 Å². The lowest BCUT2D eigenvalue weighted by molar-refractivity contribution is 0.376. The number of hydrogen-bond acceptors (Lipinski definition) is 4. The second-order valence-electron chi connectivity index (χ2n) is 5.54. The largest absolute Gasteiger partial charge is 0.367 e. The average Bonchev–Trinajstić information content (AvgIpc) is 2.43. The van der Waals surface area contributed by atoms with Crippen molar-refractivity contribution in [3.63, 3.8) is 0 Å². The Bertz CT molecular complexity index is 472. The van der Waals surface area contributed by atoms with Crippen molar-refractivity contribution in [1.82, 2.24) is 10.2 Å². The monoisotopic (exact) mass is 260 g/mol. The van der Waals surface area contributed by atoms with Gasteiger partial charge in [0.05, 0.1) is 5.69 Å². The van der Waals surface area contributed by atoms with Gasteiger partial charge in [0.15, 0.2) is 5.82 Å².